The minimum atomic E-state index is -5.54. The molecule has 0 aliphatic rings. The van der Waals surface area contributed by atoms with Crippen molar-refractivity contribution in [3.05, 3.63) is 29.6 Å². The van der Waals surface area contributed by atoms with Crippen molar-refractivity contribution in [2.45, 2.75) is 25.1 Å². The Kier molecular flexibility index (Phi) is 4.92. The zero-order valence-electron chi connectivity index (χ0n) is 9.63. The maximum absolute atomic E-state index is 12.2. The molecule has 0 radical (unpaired) electrons. The van der Waals surface area contributed by atoms with E-state index in [0.717, 1.165) is 12.3 Å². The van der Waals surface area contributed by atoms with Gasteiger partial charge in [-0.1, -0.05) is 12.2 Å². The monoisotopic (exact) mass is 318 g/mol. The van der Waals surface area contributed by atoms with Gasteiger partial charge in [0, 0.05) is 6.20 Å². The van der Waals surface area contributed by atoms with E-state index in [2.05, 4.69) is 21.9 Å². The summed E-state index contributed by atoms with van der Waals surface area (Å²) >= 11 is 4.59. The van der Waals surface area contributed by atoms with Crippen molar-refractivity contribution in [3.63, 3.8) is 0 Å². The van der Waals surface area contributed by atoms with E-state index in [1.807, 2.05) is 0 Å². The molecule has 0 amide bonds. The number of nitrogens with zero attached hydrogens (tertiary/aromatic N) is 1. The van der Waals surface area contributed by atoms with Crippen LogP contribution in [0.3, 0.4) is 0 Å². The smallest absolute Gasteiger partial charge is 0.388 e. The zero-order valence-corrected chi connectivity index (χ0v) is 10.4. The molecule has 0 atom stereocenters. The molecule has 3 nitrogen and oxygen atoms in total. The summed E-state index contributed by atoms with van der Waals surface area (Å²) < 4.78 is 77.3. The first-order chi connectivity index (χ1) is 9.01. The van der Waals surface area contributed by atoms with Crippen molar-refractivity contribution < 1.29 is 31.1 Å². The second kappa shape index (κ2) is 5.92. The average Bonchev–Trinajstić information content (AvgIpc) is 2.25. The fourth-order valence-electron chi connectivity index (χ4n) is 1.25. The van der Waals surface area contributed by atoms with Gasteiger partial charge < -0.3 is 10.5 Å². The summed E-state index contributed by atoms with van der Waals surface area (Å²) in [4.78, 5) is 3.57. The van der Waals surface area contributed by atoms with Gasteiger partial charge in [0.25, 0.3) is 0 Å². The van der Waals surface area contributed by atoms with Gasteiger partial charge in [0.1, 0.15) is 4.99 Å². The fourth-order valence-corrected chi connectivity index (χ4v) is 1.36. The van der Waals surface area contributed by atoms with Gasteiger partial charge in [0.15, 0.2) is 0 Å². The number of rotatable bonds is 4. The largest absolute Gasteiger partial charge is 0.423 e. The standard InChI is InChI=1S/C10H8F6N2OS/c11-9(12,13)8(10(14,15)16)19-4-5-1-2-18-6(3-5)7(17)20/h1-3,8H,4H2,(H2,17,20). The molecule has 1 aromatic rings. The van der Waals surface area contributed by atoms with Crippen LogP contribution in [-0.2, 0) is 11.3 Å². The molecule has 112 valence electrons. The predicted molar refractivity (Wildman–Crippen MR) is 60.8 cm³/mol. The molecule has 0 saturated heterocycles. The van der Waals surface area contributed by atoms with Gasteiger partial charge in [-0.25, -0.2) is 0 Å². The van der Waals surface area contributed by atoms with E-state index >= 15 is 0 Å². The van der Waals surface area contributed by atoms with E-state index in [0.29, 0.717) is 0 Å². The summed E-state index contributed by atoms with van der Waals surface area (Å²) in [5.41, 5.74) is 5.37. The highest BCUT2D eigenvalue weighted by atomic mass is 32.1. The third-order valence-electron chi connectivity index (χ3n) is 2.09. The van der Waals surface area contributed by atoms with Crippen LogP contribution in [0.25, 0.3) is 0 Å². The van der Waals surface area contributed by atoms with Gasteiger partial charge in [-0.05, 0) is 17.7 Å². The lowest BCUT2D eigenvalue weighted by Crippen LogP contribution is -2.44. The third-order valence-corrected chi connectivity index (χ3v) is 2.30. The van der Waals surface area contributed by atoms with E-state index < -0.39 is 25.1 Å². The van der Waals surface area contributed by atoms with E-state index in [4.69, 9.17) is 5.73 Å². The van der Waals surface area contributed by atoms with Crippen LogP contribution >= 0.6 is 12.2 Å². The third kappa shape index (κ3) is 4.60. The summed E-state index contributed by atoms with van der Waals surface area (Å²) in [6.07, 6.45) is -13.8. The van der Waals surface area contributed by atoms with Gasteiger partial charge >= 0.3 is 12.4 Å². The Morgan fingerprint density at radius 1 is 1.25 bits per heavy atom. The van der Waals surface area contributed by atoms with Crippen LogP contribution < -0.4 is 5.73 Å². The Bertz CT molecular complexity index is 473. The van der Waals surface area contributed by atoms with Crippen molar-refractivity contribution in [1.29, 1.82) is 0 Å². The number of alkyl halides is 6. The van der Waals surface area contributed by atoms with Crippen LogP contribution in [0.15, 0.2) is 18.3 Å². The number of ether oxygens (including phenoxy) is 1. The molecule has 0 fully saturated rings. The van der Waals surface area contributed by atoms with Crippen molar-refractivity contribution in [2.75, 3.05) is 0 Å². The number of hydrogen-bond donors (Lipinski definition) is 1. The summed E-state index contributed by atoms with van der Waals surface area (Å²) in [6, 6.07) is 2.36. The molecule has 2 N–H and O–H groups in total. The summed E-state index contributed by atoms with van der Waals surface area (Å²) in [7, 11) is 0. The maximum atomic E-state index is 12.2. The van der Waals surface area contributed by atoms with Crippen molar-refractivity contribution in [2.24, 2.45) is 5.73 Å². The molecule has 20 heavy (non-hydrogen) atoms. The quantitative estimate of drug-likeness (QED) is 0.685. The number of thiocarbonyl (C=S) groups is 1. The van der Waals surface area contributed by atoms with Gasteiger partial charge in [-0.2, -0.15) is 26.3 Å². The average molecular weight is 318 g/mol. The summed E-state index contributed by atoms with van der Waals surface area (Å²) in [5.74, 6) is 0. The topological polar surface area (TPSA) is 48.1 Å². The van der Waals surface area contributed by atoms with E-state index in [1.165, 1.54) is 6.07 Å². The van der Waals surface area contributed by atoms with E-state index in [9.17, 15) is 26.3 Å². The molecule has 0 aromatic carbocycles. The summed E-state index contributed by atoms with van der Waals surface area (Å²) in [6.45, 7) is -0.901. The molecule has 0 spiro atoms. The minimum absolute atomic E-state index is 0.0429. The Hall–Kier alpha value is -1.42. The van der Waals surface area contributed by atoms with Crippen LogP contribution in [0, 0.1) is 0 Å². The molecule has 0 aliphatic heterocycles. The van der Waals surface area contributed by atoms with Crippen molar-refractivity contribution >= 4 is 17.2 Å². The molecule has 0 bridgehead atoms. The minimum Gasteiger partial charge on any atom is -0.388 e. The molecule has 0 saturated carbocycles. The molecule has 10 heteroatoms. The summed E-state index contributed by atoms with van der Waals surface area (Å²) in [5, 5.41) is 0. The van der Waals surface area contributed by atoms with Crippen LogP contribution in [0.5, 0.6) is 0 Å². The molecular weight excluding hydrogens is 310 g/mol. The predicted octanol–water partition coefficient (Wildman–Crippen LogP) is 2.73. The highest BCUT2D eigenvalue weighted by molar-refractivity contribution is 7.80. The highest BCUT2D eigenvalue weighted by Gasteiger charge is 2.57. The molecule has 1 rings (SSSR count). The first-order valence-corrected chi connectivity index (χ1v) is 5.42. The van der Waals surface area contributed by atoms with Crippen molar-refractivity contribution in [1.82, 2.24) is 4.98 Å². The number of hydrogen-bond acceptors (Lipinski definition) is 3. The lowest BCUT2D eigenvalue weighted by molar-refractivity contribution is -0.324. The van der Waals surface area contributed by atoms with E-state index in [1.54, 1.807) is 0 Å². The van der Waals surface area contributed by atoms with Gasteiger partial charge in [-0.3, -0.25) is 4.98 Å². The Labute approximate surface area is 114 Å². The SMILES string of the molecule is NC(=S)c1cc(COC(C(F)(F)F)C(F)(F)F)ccn1. The second-order valence-electron chi connectivity index (χ2n) is 3.69. The number of aromatic nitrogens is 1. The van der Waals surface area contributed by atoms with Gasteiger partial charge in [0.05, 0.1) is 12.3 Å². The van der Waals surface area contributed by atoms with E-state index in [-0.39, 0.29) is 16.2 Å². The molecule has 1 heterocycles. The maximum Gasteiger partial charge on any atom is 0.423 e. The zero-order chi connectivity index (χ0) is 15.6. The van der Waals surface area contributed by atoms with Crippen LogP contribution in [0.4, 0.5) is 26.3 Å². The second-order valence-corrected chi connectivity index (χ2v) is 4.13. The molecule has 0 unspecified atom stereocenters. The first kappa shape index (κ1) is 16.6. The van der Waals surface area contributed by atoms with Crippen LogP contribution in [-0.4, -0.2) is 28.4 Å². The van der Waals surface area contributed by atoms with Crippen LogP contribution in [0.2, 0.25) is 0 Å². The Morgan fingerprint density at radius 3 is 2.25 bits per heavy atom. The number of halogens is 6. The van der Waals surface area contributed by atoms with Gasteiger partial charge in [-0.15, -0.1) is 0 Å². The molecular formula is C10H8F6N2OS. The van der Waals surface area contributed by atoms with Crippen LogP contribution in [0.1, 0.15) is 11.3 Å². The van der Waals surface area contributed by atoms with Crippen molar-refractivity contribution in [3.8, 4) is 0 Å². The fraction of sp³-hybridized carbons (Fsp3) is 0.400. The number of nitrogens with two attached hydrogens (primary N) is 1. The lowest BCUT2D eigenvalue weighted by atomic mass is 10.2. The molecule has 0 aliphatic carbocycles. The normalized spacial score (nSPS) is 12.8. The Morgan fingerprint density at radius 2 is 1.80 bits per heavy atom. The number of pyridine rings is 1. The highest BCUT2D eigenvalue weighted by Crippen LogP contribution is 2.36. The Balaban J connectivity index is 2.83. The van der Waals surface area contributed by atoms with Gasteiger partial charge in [0.2, 0.25) is 6.10 Å². The molecule has 1 aromatic heterocycles. The lowest BCUT2D eigenvalue weighted by Gasteiger charge is -2.23. The first-order valence-electron chi connectivity index (χ1n) is 5.01.